The highest BCUT2D eigenvalue weighted by Crippen LogP contribution is 2.47. The van der Waals surface area contributed by atoms with Gasteiger partial charge in [-0.25, -0.2) is 9.99 Å². The molecular weight excluding hydrogens is 487 g/mol. The fourth-order valence-electron chi connectivity index (χ4n) is 4.72. The van der Waals surface area contributed by atoms with E-state index in [1.165, 1.54) is 16.9 Å². The van der Waals surface area contributed by atoms with Crippen molar-refractivity contribution in [1.29, 1.82) is 0 Å². The van der Waals surface area contributed by atoms with Gasteiger partial charge in [-0.05, 0) is 73.2 Å². The van der Waals surface area contributed by atoms with Crippen molar-refractivity contribution in [2.75, 3.05) is 12.1 Å². The van der Waals surface area contributed by atoms with Crippen LogP contribution in [0.3, 0.4) is 0 Å². The van der Waals surface area contributed by atoms with Crippen molar-refractivity contribution < 1.29 is 4.79 Å². The van der Waals surface area contributed by atoms with E-state index in [0.717, 1.165) is 46.3 Å². The first kappa shape index (κ1) is 23.1. The van der Waals surface area contributed by atoms with Gasteiger partial charge in [0.05, 0.1) is 17.4 Å². The largest absolute Gasteiger partial charge is 0.354 e. The van der Waals surface area contributed by atoms with Crippen LogP contribution in [-0.2, 0) is 0 Å². The van der Waals surface area contributed by atoms with E-state index in [4.69, 9.17) is 33.3 Å². The molecule has 1 aliphatic carbocycles. The average molecular weight is 511 g/mol. The molecule has 5 nitrogen and oxygen atoms in total. The Morgan fingerprint density at radius 1 is 1.12 bits per heavy atom. The third kappa shape index (κ3) is 4.38. The smallest absolute Gasteiger partial charge is 0.263 e. The van der Waals surface area contributed by atoms with Crippen LogP contribution >= 0.6 is 34.5 Å². The number of carbonyl (C=O) groups excluding carboxylic acids is 1. The molecule has 34 heavy (non-hydrogen) atoms. The van der Waals surface area contributed by atoms with E-state index in [-0.39, 0.29) is 17.9 Å². The van der Waals surface area contributed by atoms with Crippen molar-refractivity contribution in [2.24, 2.45) is 11.0 Å². The summed E-state index contributed by atoms with van der Waals surface area (Å²) < 4.78 is 0. The number of hydrazone groups is 1. The van der Waals surface area contributed by atoms with Crippen molar-refractivity contribution in [3.8, 4) is 0 Å². The van der Waals surface area contributed by atoms with Crippen LogP contribution in [0.5, 0.6) is 0 Å². The number of thiazole rings is 1. The van der Waals surface area contributed by atoms with Gasteiger partial charge in [-0.15, -0.1) is 0 Å². The normalized spacial score (nSPS) is 20.9. The molecule has 174 valence electrons. The van der Waals surface area contributed by atoms with Crippen LogP contribution in [0.1, 0.15) is 51.8 Å². The lowest BCUT2D eigenvalue weighted by Gasteiger charge is -2.29. The average Bonchev–Trinajstić information content (AvgIpc) is 3.42. The number of allylic oxidation sites excluding steroid dienone is 1. The predicted molar refractivity (Wildman–Crippen MR) is 141 cm³/mol. The molecule has 1 fully saturated rings. The first-order chi connectivity index (χ1) is 16.4. The minimum Gasteiger partial charge on any atom is -0.354 e. The number of aryl methyl sites for hydroxylation is 1. The summed E-state index contributed by atoms with van der Waals surface area (Å²) in [5.74, 6) is 0.0954. The summed E-state index contributed by atoms with van der Waals surface area (Å²) in [6.45, 7) is 1.87. The number of fused-ring (bicyclic) bond motifs is 1. The van der Waals surface area contributed by atoms with Crippen LogP contribution in [0.15, 0.2) is 59.2 Å². The van der Waals surface area contributed by atoms with Gasteiger partial charge < -0.3 is 5.32 Å². The van der Waals surface area contributed by atoms with Crippen LogP contribution in [0, 0.1) is 12.8 Å². The summed E-state index contributed by atoms with van der Waals surface area (Å²) in [6, 6.07) is 15.8. The Morgan fingerprint density at radius 2 is 1.79 bits per heavy atom. The Hall–Kier alpha value is -2.67. The van der Waals surface area contributed by atoms with Gasteiger partial charge in [-0.2, -0.15) is 5.10 Å². The minimum atomic E-state index is -0.128. The first-order valence-corrected chi connectivity index (χ1v) is 12.8. The van der Waals surface area contributed by atoms with Crippen molar-refractivity contribution in [3.63, 3.8) is 0 Å². The highest BCUT2D eigenvalue weighted by Gasteiger charge is 2.43. The van der Waals surface area contributed by atoms with Gasteiger partial charge in [0, 0.05) is 23.0 Å². The van der Waals surface area contributed by atoms with Gasteiger partial charge >= 0.3 is 0 Å². The lowest BCUT2D eigenvalue weighted by molar-refractivity contribution is 0.0966. The van der Waals surface area contributed by atoms with Crippen LogP contribution in [0.2, 0.25) is 10.0 Å². The van der Waals surface area contributed by atoms with Gasteiger partial charge in [0.25, 0.3) is 5.91 Å². The van der Waals surface area contributed by atoms with E-state index < -0.39 is 0 Å². The van der Waals surface area contributed by atoms with E-state index in [9.17, 15) is 4.79 Å². The summed E-state index contributed by atoms with van der Waals surface area (Å²) in [4.78, 5) is 17.7. The van der Waals surface area contributed by atoms with Gasteiger partial charge in [0.15, 0.2) is 0 Å². The summed E-state index contributed by atoms with van der Waals surface area (Å²) >= 11 is 13.7. The third-order valence-electron chi connectivity index (χ3n) is 6.34. The summed E-state index contributed by atoms with van der Waals surface area (Å²) in [5, 5.41) is 12.0. The maximum absolute atomic E-state index is 12.4. The Morgan fingerprint density at radius 3 is 2.47 bits per heavy atom. The summed E-state index contributed by atoms with van der Waals surface area (Å²) in [7, 11) is 1.64. The minimum absolute atomic E-state index is 0.00993. The number of hydrogen-bond acceptors (Lipinski definition) is 5. The van der Waals surface area contributed by atoms with Crippen LogP contribution in [0.25, 0.3) is 6.08 Å². The van der Waals surface area contributed by atoms with Crippen molar-refractivity contribution >= 4 is 57.4 Å². The van der Waals surface area contributed by atoms with E-state index >= 15 is 0 Å². The van der Waals surface area contributed by atoms with Gasteiger partial charge in [-0.3, -0.25) is 4.79 Å². The van der Waals surface area contributed by atoms with E-state index in [0.29, 0.717) is 15.6 Å². The molecule has 2 atom stereocenters. The standard InChI is InChI=1S/C26H24Cl2N4OS/c1-15-24(25(33)29-2)34-26(30-15)32-23(17-8-12-20(28)13-9-17)21-5-3-4-18(22(21)31-32)14-16-6-10-19(27)11-7-16/h6-14,21,23H,3-5H2,1-2H3,(H,29,33)/b18-14-/t21-,23+/m0/s1. The Kier molecular flexibility index (Phi) is 6.47. The third-order valence-corrected chi connectivity index (χ3v) is 7.99. The molecule has 1 amide bonds. The quantitative estimate of drug-likeness (QED) is 0.414. The Labute approximate surface area is 213 Å². The Bertz CT molecular complexity index is 1280. The van der Waals surface area contributed by atoms with Crippen molar-refractivity contribution in [1.82, 2.24) is 10.3 Å². The number of hydrogen-bond donors (Lipinski definition) is 1. The molecule has 1 N–H and O–H groups in total. The maximum Gasteiger partial charge on any atom is 0.263 e. The molecule has 0 bridgehead atoms. The number of carbonyl (C=O) groups is 1. The number of halogens is 2. The molecule has 0 radical (unpaired) electrons. The molecule has 8 heteroatoms. The topological polar surface area (TPSA) is 57.6 Å². The molecule has 2 aliphatic rings. The maximum atomic E-state index is 12.4. The van der Waals surface area contributed by atoms with Gasteiger partial charge in [0.1, 0.15) is 4.88 Å². The molecule has 1 saturated carbocycles. The van der Waals surface area contributed by atoms with Crippen molar-refractivity contribution in [3.05, 3.63) is 85.8 Å². The monoisotopic (exact) mass is 510 g/mol. The second-order valence-electron chi connectivity index (χ2n) is 8.54. The molecular formula is C26H24Cl2N4OS. The fourth-order valence-corrected chi connectivity index (χ4v) is 5.97. The number of nitrogens with one attached hydrogen (secondary N) is 1. The molecule has 0 spiro atoms. The van der Waals surface area contributed by atoms with Gasteiger partial charge in [0.2, 0.25) is 5.13 Å². The van der Waals surface area contributed by atoms with E-state index in [2.05, 4.69) is 23.5 Å². The van der Waals surface area contributed by atoms with Crippen LogP contribution < -0.4 is 10.3 Å². The second kappa shape index (κ2) is 9.53. The highest BCUT2D eigenvalue weighted by molar-refractivity contribution is 7.17. The van der Waals surface area contributed by atoms with E-state index in [1.807, 2.05) is 48.3 Å². The summed E-state index contributed by atoms with van der Waals surface area (Å²) in [6.07, 6.45) is 5.31. The lowest BCUT2D eigenvalue weighted by atomic mass is 9.77. The molecule has 1 aliphatic heterocycles. The van der Waals surface area contributed by atoms with Crippen molar-refractivity contribution in [2.45, 2.75) is 32.2 Å². The number of rotatable bonds is 4. The lowest BCUT2D eigenvalue weighted by Crippen LogP contribution is -2.28. The SMILES string of the molecule is CNC(=O)c1sc(N2N=C3/C(=C\c4ccc(Cl)cc4)CCC[C@@H]3[C@H]2c2ccc(Cl)cc2)nc1C. The zero-order chi connectivity index (χ0) is 23.8. The number of aromatic nitrogens is 1. The molecule has 5 rings (SSSR count). The first-order valence-electron chi connectivity index (χ1n) is 11.2. The number of amides is 1. The highest BCUT2D eigenvalue weighted by atomic mass is 35.5. The van der Waals surface area contributed by atoms with Crippen LogP contribution in [-0.4, -0.2) is 23.7 Å². The zero-order valence-electron chi connectivity index (χ0n) is 18.9. The fraction of sp³-hybridized carbons (Fsp3) is 0.269. The number of benzene rings is 2. The van der Waals surface area contributed by atoms with Gasteiger partial charge in [-0.1, -0.05) is 58.8 Å². The molecule has 1 aromatic heterocycles. The Balaban J connectivity index is 1.60. The molecule has 0 saturated heterocycles. The second-order valence-corrected chi connectivity index (χ2v) is 10.4. The van der Waals surface area contributed by atoms with Crippen LogP contribution in [0.4, 0.5) is 5.13 Å². The predicted octanol–water partition coefficient (Wildman–Crippen LogP) is 6.92. The summed E-state index contributed by atoms with van der Waals surface area (Å²) in [5.41, 5.74) is 5.28. The van der Waals surface area contributed by atoms with E-state index in [1.54, 1.807) is 7.05 Å². The molecule has 0 unspecified atom stereocenters. The number of nitrogens with zero attached hydrogens (tertiary/aromatic N) is 3. The molecule has 2 aromatic carbocycles. The molecule has 2 heterocycles. The molecule has 3 aromatic rings. The number of anilines is 1. The zero-order valence-corrected chi connectivity index (χ0v) is 21.2.